The van der Waals surface area contributed by atoms with E-state index in [1.165, 1.54) is 32.2 Å². The van der Waals surface area contributed by atoms with E-state index in [0.29, 0.717) is 0 Å². The smallest absolute Gasteiger partial charge is 0.311 e. The molecule has 0 N–H and O–H groups in total. The van der Waals surface area contributed by atoms with Crippen LogP contribution in [0.3, 0.4) is 0 Å². The Morgan fingerprint density at radius 1 is 1.21 bits per heavy atom. The van der Waals surface area contributed by atoms with Gasteiger partial charge in [-0.25, -0.2) is 8.42 Å². The Labute approximate surface area is 139 Å². The van der Waals surface area contributed by atoms with Crippen molar-refractivity contribution in [3.8, 4) is 5.75 Å². The van der Waals surface area contributed by atoms with Crippen molar-refractivity contribution in [2.75, 3.05) is 7.11 Å². The summed E-state index contributed by atoms with van der Waals surface area (Å²) < 4.78 is 30.0. The predicted molar refractivity (Wildman–Crippen MR) is 87.0 cm³/mol. The highest BCUT2D eigenvalue weighted by Crippen LogP contribution is 2.32. The van der Waals surface area contributed by atoms with E-state index in [4.69, 9.17) is 4.74 Å². The van der Waals surface area contributed by atoms with Crippen molar-refractivity contribution < 1.29 is 22.9 Å². The van der Waals surface area contributed by atoms with Gasteiger partial charge in [0.05, 0.1) is 22.7 Å². The van der Waals surface area contributed by atoms with Crippen LogP contribution in [0.4, 0.5) is 5.69 Å². The number of sulfone groups is 1. The summed E-state index contributed by atoms with van der Waals surface area (Å²) >= 11 is 0. The molecule has 2 aromatic carbocycles. The Bertz CT molecular complexity index is 890. The molecular formula is C16H15NO6S. The standard InChI is InChI=1S/C16H15NO6S/c1-11(18)14-9-15(17(19)20)16(23-2)8-12(14)10-24(21,22)13-6-4-3-5-7-13/h3-9H,10H2,1-2H3. The lowest BCUT2D eigenvalue weighted by molar-refractivity contribution is -0.385. The van der Waals surface area contributed by atoms with Crippen LogP contribution in [-0.2, 0) is 15.6 Å². The van der Waals surface area contributed by atoms with Gasteiger partial charge in [-0.3, -0.25) is 14.9 Å². The van der Waals surface area contributed by atoms with Gasteiger partial charge in [0.15, 0.2) is 21.4 Å². The number of rotatable bonds is 6. The number of carbonyl (C=O) groups excluding carboxylic acids is 1. The maximum absolute atomic E-state index is 12.5. The summed E-state index contributed by atoms with van der Waals surface area (Å²) in [5.74, 6) is -1.01. The first-order chi connectivity index (χ1) is 11.3. The first-order valence-electron chi connectivity index (χ1n) is 6.90. The van der Waals surface area contributed by atoms with Crippen molar-refractivity contribution in [3.63, 3.8) is 0 Å². The fraction of sp³-hybridized carbons (Fsp3) is 0.188. The molecule has 0 aliphatic heterocycles. The Morgan fingerprint density at radius 2 is 1.83 bits per heavy atom. The lowest BCUT2D eigenvalue weighted by atomic mass is 10.0. The van der Waals surface area contributed by atoms with E-state index in [0.717, 1.165) is 6.07 Å². The van der Waals surface area contributed by atoms with Crippen molar-refractivity contribution in [1.29, 1.82) is 0 Å². The summed E-state index contributed by atoms with van der Waals surface area (Å²) in [6, 6.07) is 10.1. The highest BCUT2D eigenvalue weighted by atomic mass is 32.2. The van der Waals surface area contributed by atoms with E-state index in [2.05, 4.69) is 0 Å². The largest absolute Gasteiger partial charge is 0.490 e. The summed E-state index contributed by atoms with van der Waals surface area (Å²) in [6.45, 7) is 1.23. The zero-order valence-corrected chi connectivity index (χ0v) is 13.9. The number of ether oxygens (including phenoxy) is 1. The molecule has 0 atom stereocenters. The van der Waals surface area contributed by atoms with E-state index >= 15 is 0 Å². The molecular weight excluding hydrogens is 334 g/mol. The molecule has 8 heteroatoms. The van der Waals surface area contributed by atoms with E-state index in [-0.39, 0.29) is 27.5 Å². The Morgan fingerprint density at radius 3 is 2.33 bits per heavy atom. The quantitative estimate of drug-likeness (QED) is 0.451. The van der Waals surface area contributed by atoms with Crippen LogP contribution in [0.2, 0.25) is 0 Å². The lowest BCUT2D eigenvalue weighted by Crippen LogP contribution is -2.10. The molecule has 0 unspecified atom stereocenters. The average Bonchev–Trinajstić information content (AvgIpc) is 2.54. The van der Waals surface area contributed by atoms with Gasteiger partial charge >= 0.3 is 5.69 Å². The van der Waals surface area contributed by atoms with Crippen molar-refractivity contribution in [2.24, 2.45) is 0 Å². The number of hydrogen-bond acceptors (Lipinski definition) is 6. The van der Waals surface area contributed by atoms with Gasteiger partial charge in [-0.1, -0.05) is 18.2 Å². The molecule has 0 heterocycles. The minimum Gasteiger partial charge on any atom is -0.490 e. The number of carbonyl (C=O) groups is 1. The number of nitro benzene ring substituents is 1. The molecule has 0 amide bonds. The van der Waals surface area contributed by atoms with Crippen LogP contribution in [0.1, 0.15) is 22.8 Å². The van der Waals surface area contributed by atoms with Crippen LogP contribution in [0.25, 0.3) is 0 Å². The van der Waals surface area contributed by atoms with Gasteiger partial charge < -0.3 is 4.74 Å². The number of nitro groups is 1. The molecule has 0 saturated heterocycles. The summed E-state index contributed by atoms with van der Waals surface area (Å²) in [6.07, 6.45) is 0. The molecule has 0 aliphatic rings. The van der Waals surface area contributed by atoms with Gasteiger partial charge in [0, 0.05) is 11.6 Å². The molecule has 126 valence electrons. The summed E-state index contributed by atoms with van der Waals surface area (Å²) in [7, 11) is -2.46. The molecule has 0 fully saturated rings. The normalized spacial score (nSPS) is 11.1. The predicted octanol–water partition coefficient (Wildman–Crippen LogP) is 2.78. The van der Waals surface area contributed by atoms with Gasteiger partial charge in [0.2, 0.25) is 0 Å². The van der Waals surface area contributed by atoms with Gasteiger partial charge in [0.1, 0.15) is 0 Å². The van der Waals surface area contributed by atoms with Crippen molar-refractivity contribution >= 4 is 21.3 Å². The van der Waals surface area contributed by atoms with Crippen LogP contribution in [0.15, 0.2) is 47.4 Å². The third-order valence-corrected chi connectivity index (χ3v) is 5.11. The molecule has 7 nitrogen and oxygen atoms in total. The number of nitrogens with zero attached hydrogens (tertiary/aromatic N) is 1. The van der Waals surface area contributed by atoms with Crippen molar-refractivity contribution in [2.45, 2.75) is 17.6 Å². The zero-order chi connectivity index (χ0) is 17.9. The van der Waals surface area contributed by atoms with Crippen molar-refractivity contribution in [3.05, 3.63) is 63.7 Å². The van der Waals surface area contributed by atoms with Gasteiger partial charge in [-0.05, 0) is 30.7 Å². The van der Waals surface area contributed by atoms with Crippen molar-refractivity contribution in [1.82, 2.24) is 0 Å². The monoisotopic (exact) mass is 349 g/mol. The second-order valence-electron chi connectivity index (χ2n) is 5.07. The minimum absolute atomic E-state index is 0.0120. The Kier molecular flexibility index (Phi) is 4.99. The average molecular weight is 349 g/mol. The Hall–Kier alpha value is -2.74. The summed E-state index contributed by atoms with van der Waals surface area (Å²) in [5, 5.41) is 11.1. The molecule has 0 saturated carbocycles. The summed E-state index contributed by atoms with van der Waals surface area (Å²) in [4.78, 5) is 22.3. The molecule has 0 aliphatic carbocycles. The molecule has 0 aromatic heterocycles. The topological polar surface area (TPSA) is 104 Å². The van der Waals surface area contributed by atoms with Gasteiger partial charge in [-0.15, -0.1) is 0 Å². The highest BCUT2D eigenvalue weighted by Gasteiger charge is 2.24. The maximum Gasteiger partial charge on any atom is 0.311 e. The van der Waals surface area contributed by atoms with Gasteiger partial charge in [0.25, 0.3) is 0 Å². The number of ketones is 1. The lowest BCUT2D eigenvalue weighted by Gasteiger charge is -2.11. The number of methoxy groups -OCH3 is 1. The first-order valence-corrected chi connectivity index (χ1v) is 8.55. The van der Waals surface area contributed by atoms with Gasteiger partial charge in [-0.2, -0.15) is 0 Å². The molecule has 0 radical (unpaired) electrons. The highest BCUT2D eigenvalue weighted by molar-refractivity contribution is 7.90. The van der Waals surface area contributed by atoms with Crippen LogP contribution < -0.4 is 4.74 Å². The third kappa shape index (κ3) is 3.60. The third-order valence-electron chi connectivity index (χ3n) is 3.43. The Balaban J connectivity index is 2.57. The van der Waals surface area contributed by atoms with Crippen LogP contribution in [0, 0.1) is 10.1 Å². The first kappa shape index (κ1) is 17.6. The number of Topliss-reactive ketones (excluding diaryl/α,β-unsaturated/α-hetero) is 1. The molecule has 0 bridgehead atoms. The fourth-order valence-electron chi connectivity index (χ4n) is 2.28. The van der Waals surface area contributed by atoms with E-state index in [1.54, 1.807) is 18.2 Å². The SMILES string of the molecule is COc1cc(CS(=O)(=O)c2ccccc2)c(C(C)=O)cc1[N+](=O)[O-]. The number of benzene rings is 2. The summed E-state index contributed by atoms with van der Waals surface area (Å²) in [5.41, 5.74) is -0.237. The molecule has 0 spiro atoms. The molecule has 2 rings (SSSR count). The van der Waals surface area contributed by atoms with E-state index in [1.807, 2.05) is 0 Å². The van der Waals surface area contributed by atoms with Crippen LogP contribution in [-0.4, -0.2) is 26.2 Å². The molecule has 24 heavy (non-hydrogen) atoms. The maximum atomic E-state index is 12.5. The number of hydrogen-bond donors (Lipinski definition) is 0. The minimum atomic E-state index is -3.71. The second-order valence-corrected chi connectivity index (χ2v) is 7.06. The second kappa shape index (κ2) is 6.79. The van der Waals surface area contributed by atoms with E-state index in [9.17, 15) is 23.3 Å². The molecule has 2 aromatic rings. The zero-order valence-electron chi connectivity index (χ0n) is 13.1. The van der Waals surface area contributed by atoms with Crippen LogP contribution >= 0.6 is 0 Å². The fourth-order valence-corrected chi connectivity index (χ4v) is 3.67. The van der Waals surface area contributed by atoms with E-state index < -0.39 is 26.3 Å². The van der Waals surface area contributed by atoms with Crippen LogP contribution in [0.5, 0.6) is 5.75 Å².